The number of halogens is 1. The molecule has 0 aliphatic carbocycles. The smallest absolute Gasteiger partial charge is 0.216 e. The van der Waals surface area contributed by atoms with Crippen molar-refractivity contribution in [2.45, 2.75) is 30.4 Å². The number of hydrogen-bond acceptors (Lipinski definition) is 3. The van der Waals surface area contributed by atoms with Crippen molar-refractivity contribution in [1.82, 2.24) is 5.32 Å². The highest BCUT2D eigenvalue weighted by atomic mass is 79.9. The minimum atomic E-state index is -0.158. The van der Waals surface area contributed by atoms with Crippen LogP contribution in [0.25, 0.3) is 0 Å². The number of carbonyl (C=O) groups excluding carboxylic acids is 2. The first-order valence-corrected chi connectivity index (χ1v) is 9.43. The predicted molar refractivity (Wildman–Crippen MR) is 103 cm³/mol. The molecule has 0 bridgehead atoms. The van der Waals surface area contributed by atoms with Gasteiger partial charge < -0.3 is 5.32 Å². The average molecular weight is 406 g/mol. The van der Waals surface area contributed by atoms with Gasteiger partial charge in [0.2, 0.25) is 5.91 Å². The van der Waals surface area contributed by atoms with Crippen molar-refractivity contribution in [3.8, 4) is 0 Å². The largest absolute Gasteiger partial charge is 0.356 e. The number of carbonyl (C=O) groups is 2. The monoisotopic (exact) mass is 405 g/mol. The molecule has 0 heterocycles. The van der Waals surface area contributed by atoms with Crippen molar-refractivity contribution >= 4 is 39.4 Å². The van der Waals surface area contributed by atoms with Gasteiger partial charge in [-0.05, 0) is 47.0 Å². The van der Waals surface area contributed by atoms with Crippen molar-refractivity contribution in [1.29, 1.82) is 0 Å². The molecule has 0 spiro atoms. The Morgan fingerprint density at radius 1 is 1.12 bits per heavy atom. The van der Waals surface area contributed by atoms with Crippen LogP contribution in [0.3, 0.4) is 0 Å². The Kier molecular flexibility index (Phi) is 7.06. The Morgan fingerprint density at radius 2 is 1.79 bits per heavy atom. The van der Waals surface area contributed by atoms with Gasteiger partial charge in [-0.1, -0.05) is 36.4 Å². The summed E-state index contributed by atoms with van der Waals surface area (Å²) in [6.45, 7) is 4.04. The molecule has 0 aliphatic rings. The predicted octanol–water partition coefficient (Wildman–Crippen LogP) is 4.49. The van der Waals surface area contributed by atoms with E-state index in [1.165, 1.54) is 6.92 Å². The highest BCUT2D eigenvalue weighted by molar-refractivity contribution is 9.10. The summed E-state index contributed by atoms with van der Waals surface area (Å²) in [6, 6.07) is 15.5. The lowest BCUT2D eigenvalue weighted by Gasteiger charge is -2.12. The van der Waals surface area contributed by atoms with E-state index in [1.54, 1.807) is 11.8 Å². The van der Waals surface area contributed by atoms with Gasteiger partial charge in [0.25, 0.3) is 0 Å². The molecular weight excluding hydrogens is 386 g/mol. The summed E-state index contributed by atoms with van der Waals surface area (Å²) in [4.78, 5) is 24.5. The normalized spacial score (nSPS) is 11.8. The van der Waals surface area contributed by atoms with Crippen molar-refractivity contribution in [2.24, 2.45) is 0 Å². The van der Waals surface area contributed by atoms with Gasteiger partial charge in [-0.2, -0.15) is 0 Å². The fourth-order valence-corrected chi connectivity index (χ4v) is 3.76. The van der Waals surface area contributed by atoms with E-state index in [0.29, 0.717) is 12.1 Å². The molecule has 5 heteroatoms. The molecule has 0 unspecified atom stereocenters. The van der Waals surface area contributed by atoms with Crippen molar-refractivity contribution in [3.05, 3.63) is 64.1 Å². The standard InChI is InChI=1S/C19H20BrNO2S/c1-13(24-18-6-4-3-5-17(18)20)19(23)16-9-7-15(8-10-16)11-12-21-14(2)22/h3-10,13H,11-12H2,1-2H3,(H,21,22)/t13-/m1/s1. The number of ketones is 1. The second-order valence-corrected chi connectivity index (χ2v) is 7.72. The van der Waals surface area contributed by atoms with E-state index in [-0.39, 0.29) is 16.9 Å². The van der Waals surface area contributed by atoms with Crippen LogP contribution >= 0.6 is 27.7 Å². The summed E-state index contributed by atoms with van der Waals surface area (Å²) in [6.07, 6.45) is 0.759. The second kappa shape index (κ2) is 9.04. The fourth-order valence-electron chi connectivity index (χ4n) is 2.24. The SMILES string of the molecule is CC(=O)NCCc1ccc(C(=O)[C@@H](C)Sc2ccccc2Br)cc1. The van der Waals surface area contributed by atoms with Gasteiger partial charge in [0.15, 0.2) is 5.78 Å². The molecule has 0 radical (unpaired) electrons. The number of hydrogen-bond donors (Lipinski definition) is 1. The number of thioether (sulfide) groups is 1. The van der Waals surface area contributed by atoms with Gasteiger partial charge >= 0.3 is 0 Å². The number of nitrogens with one attached hydrogen (secondary N) is 1. The molecule has 2 aromatic rings. The number of benzene rings is 2. The fraction of sp³-hybridized carbons (Fsp3) is 0.263. The maximum atomic E-state index is 12.6. The van der Waals surface area contributed by atoms with E-state index in [0.717, 1.165) is 21.4 Å². The van der Waals surface area contributed by atoms with Crippen LogP contribution in [0, 0.1) is 0 Å². The van der Waals surface area contributed by atoms with E-state index >= 15 is 0 Å². The molecule has 1 N–H and O–H groups in total. The van der Waals surface area contributed by atoms with Crippen LogP contribution in [0.1, 0.15) is 29.8 Å². The van der Waals surface area contributed by atoms with Gasteiger partial charge in [0, 0.05) is 28.4 Å². The zero-order valence-electron chi connectivity index (χ0n) is 13.7. The lowest BCUT2D eigenvalue weighted by Crippen LogP contribution is -2.22. The Labute approximate surface area is 155 Å². The van der Waals surface area contributed by atoms with Crippen molar-refractivity contribution in [3.63, 3.8) is 0 Å². The summed E-state index contributed by atoms with van der Waals surface area (Å²) >= 11 is 5.06. The first-order chi connectivity index (χ1) is 11.5. The highest BCUT2D eigenvalue weighted by Gasteiger charge is 2.17. The quantitative estimate of drug-likeness (QED) is 0.544. The van der Waals surface area contributed by atoms with Crippen LogP contribution < -0.4 is 5.32 Å². The van der Waals surface area contributed by atoms with Gasteiger partial charge in [0.1, 0.15) is 0 Å². The molecule has 24 heavy (non-hydrogen) atoms. The number of Topliss-reactive ketones (excluding diaryl/α,β-unsaturated/α-hetero) is 1. The van der Waals surface area contributed by atoms with Crippen LogP contribution in [0.2, 0.25) is 0 Å². The molecule has 0 saturated heterocycles. The van der Waals surface area contributed by atoms with Crippen LogP contribution in [0.5, 0.6) is 0 Å². The Hall–Kier alpha value is -1.59. The minimum absolute atomic E-state index is 0.0280. The highest BCUT2D eigenvalue weighted by Crippen LogP contribution is 2.31. The molecule has 1 amide bonds. The maximum Gasteiger partial charge on any atom is 0.216 e. The zero-order valence-corrected chi connectivity index (χ0v) is 16.1. The summed E-state index contributed by atoms with van der Waals surface area (Å²) in [5.74, 6) is 0.0869. The molecule has 0 fully saturated rings. The molecule has 3 nitrogen and oxygen atoms in total. The third-order valence-electron chi connectivity index (χ3n) is 3.54. The Morgan fingerprint density at radius 3 is 2.42 bits per heavy atom. The summed E-state index contributed by atoms with van der Waals surface area (Å²) in [5.41, 5.74) is 1.82. The van der Waals surface area contributed by atoms with E-state index in [2.05, 4.69) is 21.2 Å². The maximum absolute atomic E-state index is 12.6. The molecule has 2 rings (SSSR count). The second-order valence-electron chi connectivity index (χ2n) is 5.48. The third kappa shape index (κ3) is 5.49. The zero-order chi connectivity index (χ0) is 17.5. The van der Waals surface area contributed by atoms with E-state index < -0.39 is 0 Å². The first kappa shape index (κ1) is 18.7. The van der Waals surface area contributed by atoms with Gasteiger partial charge in [-0.15, -0.1) is 11.8 Å². The van der Waals surface area contributed by atoms with E-state index in [9.17, 15) is 9.59 Å². The van der Waals surface area contributed by atoms with Crippen molar-refractivity contribution in [2.75, 3.05) is 6.54 Å². The third-order valence-corrected chi connectivity index (χ3v) is 5.67. The van der Waals surface area contributed by atoms with Crippen molar-refractivity contribution < 1.29 is 9.59 Å². The van der Waals surface area contributed by atoms with Gasteiger partial charge in [0.05, 0.1) is 5.25 Å². The van der Waals surface area contributed by atoms with E-state index in [1.807, 2.05) is 55.5 Å². The van der Waals surface area contributed by atoms with Gasteiger partial charge in [-0.25, -0.2) is 0 Å². The lowest BCUT2D eigenvalue weighted by atomic mass is 10.0. The number of amides is 1. The summed E-state index contributed by atoms with van der Waals surface area (Å²) in [7, 11) is 0. The molecule has 1 atom stereocenters. The molecule has 126 valence electrons. The molecule has 0 aromatic heterocycles. The Bertz CT molecular complexity index is 716. The molecule has 0 saturated carbocycles. The molecular formula is C19H20BrNO2S. The van der Waals surface area contributed by atoms with E-state index in [4.69, 9.17) is 0 Å². The molecule has 2 aromatic carbocycles. The topological polar surface area (TPSA) is 46.2 Å². The van der Waals surface area contributed by atoms with Crippen LogP contribution in [0.4, 0.5) is 0 Å². The molecule has 0 aliphatic heterocycles. The van der Waals surface area contributed by atoms with Crippen LogP contribution in [-0.4, -0.2) is 23.5 Å². The minimum Gasteiger partial charge on any atom is -0.356 e. The summed E-state index contributed by atoms with van der Waals surface area (Å²) < 4.78 is 1.00. The van der Waals surface area contributed by atoms with Crippen LogP contribution in [0.15, 0.2) is 57.9 Å². The van der Waals surface area contributed by atoms with Crippen LogP contribution in [-0.2, 0) is 11.2 Å². The summed E-state index contributed by atoms with van der Waals surface area (Å²) in [5, 5.41) is 2.61. The lowest BCUT2D eigenvalue weighted by molar-refractivity contribution is -0.118. The Balaban J connectivity index is 1.96. The number of rotatable bonds is 7. The average Bonchev–Trinajstić information content (AvgIpc) is 2.56. The van der Waals surface area contributed by atoms with Gasteiger partial charge in [-0.3, -0.25) is 9.59 Å². The first-order valence-electron chi connectivity index (χ1n) is 7.76.